The molecule has 0 fully saturated rings. The monoisotopic (exact) mass is 481 g/mol. The maximum Gasteiger partial charge on any atom is 0.416 e. The van der Waals surface area contributed by atoms with E-state index in [0.717, 1.165) is 23.5 Å². The minimum absolute atomic E-state index is 0.105. The fourth-order valence-corrected chi connectivity index (χ4v) is 3.86. The Morgan fingerprint density at radius 3 is 2.45 bits per heavy atom. The number of benzene rings is 1. The molecule has 3 N–H and O–H groups in total. The number of thiazole rings is 1. The molecule has 11 heteroatoms. The summed E-state index contributed by atoms with van der Waals surface area (Å²) in [6.07, 6.45) is -3.97. The van der Waals surface area contributed by atoms with Crippen molar-refractivity contribution in [2.24, 2.45) is 5.92 Å². The second-order valence-corrected chi connectivity index (χ2v) is 8.70. The maximum absolute atomic E-state index is 12.9. The number of alkyl halides is 3. The lowest BCUT2D eigenvalue weighted by molar-refractivity contribution is -0.138. The van der Waals surface area contributed by atoms with Gasteiger partial charge in [-0.2, -0.15) is 13.2 Å². The lowest BCUT2D eigenvalue weighted by atomic mass is 10.0. The molecular weight excluding hydrogens is 459 g/mol. The van der Waals surface area contributed by atoms with Crippen LogP contribution in [0.5, 0.6) is 0 Å². The highest BCUT2D eigenvalue weighted by Crippen LogP contribution is 2.30. The van der Waals surface area contributed by atoms with E-state index in [4.69, 9.17) is 5.11 Å². The van der Waals surface area contributed by atoms with Gasteiger partial charge in [0.1, 0.15) is 5.69 Å². The topological polar surface area (TPSA) is 104 Å². The van der Waals surface area contributed by atoms with E-state index in [-0.39, 0.29) is 29.7 Å². The molecule has 0 aliphatic heterocycles. The van der Waals surface area contributed by atoms with Crippen LogP contribution in [0, 0.1) is 5.92 Å². The number of carboxylic acids is 1. The van der Waals surface area contributed by atoms with Crippen LogP contribution in [0.25, 0.3) is 0 Å². The molecule has 1 aromatic carbocycles. The number of carbonyl (C=O) groups is 2. The summed E-state index contributed by atoms with van der Waals surface area (Å²) < 4.78 is 40.1. The van der Waals surface area contributed by atoms with Gasteiger partial charge >= 0.3 is 12.1 Å². The van der Waals surface area contributed by atoms with E-state index in [1.165, 1.54) is 23.6 Å². The molecule has 7 nitrogen and oxygen atoms in total. The molecule has 2 aromatic heterocycles. The van der Waals surface area contributed by atoms with Crippen molar-refractivity contribution in [3.63, 3.8) is 0 Å². The van der Waals surface area contributed by atoms with Crippen molar-refractivity contribution in [3.8, 4) is 0 Å². The van der Waals surface area contributed by atoms with Crippen molar-refractivity contribution in [1.29, 1.82) is 0 Å². The van der Waals surface area contributed by atoms with Gasteiger partial charge in [0.15, 0.2) is 5.13 Å². The van der Waals surface area contributed by atoms with Crippen molar-refractivity contribution in [2.75, 3.05) is 5.32 Å². The van der Waals surface area contributed by atoms with Gasteiger partial charge in [-0.05, 0) is 35.2 Å². The van der Waals surface area contributed by atoms with Gasteiger partial charge in [-0.25, -0.2) is 4.98 Å². The molecule has 1 atom stereocenters. The minimum atomic E-state index is -4.45. The van der Waals surface area contributed by atoms with Crippen LogP contribution in [-0.2, 0) is 23.9 Å². The van der Waals surface area contributed by atoms with E-state index in [2.05, 4.69) is 10.3 Å². The zero-order chi connectivity index (χ0) is 24.3. The highest BCUT2D eigenvalue weighted by Gasteiger charge is 2.30. The van der Waals surface area contributed by atoms with Crippen molar-refractivity contribution in [2.45, 2.75) is 39.1 Å². The number of hydrogen-bond donors (Lipinski definition) is 3. The third-order valence-electron chi connectivity index (χ3n) is 4.86. The van der Waals surface area contributed by atoms with E-state index < -0.39 is 29.7 Å². The zero-order valence-corrected chi connectivity index (χ0v) is 18.6. The van der Waals surface area contributed by atoms with E-state index in [1.807, 2.05) is 13.8 Å². The van der Waals surface area contributed by atoms with Gasteiger partial charge in [0.25, 0.3) is 5.91 Å². The Kier molecular flexibility index (Phi) is 7.23. The van der Waals surface area contributed by atoms with E-state index in [0.29, 0.717) is 16.8 Å². The van der Waals surface area contributed by atoms with Crippen molar-refractivity contribution < 1.29 is 33.0 Å². The number of carboxylic acid groups (broad SMARTS) is 1. The van der Waals surface area contributed by atoms with Crippen LogP contribution in [0.3, 0.4) is 0 Å². The number of aliphatic hydroxyl groups excluding tert-OH is 1. The molecule has 0 saturated carbocycles. The van der Waals surface area contributed by atoms with Crippen molar-refractivity contribution >= 4 is 28.3 Å². The predicted octanol–water partition coefficient (Wildman–Crippen LogP) is 4.58. The largest absolute Gasteiger partial charge is 0.481 e. The minimum Gasteiger partial charge on any atom is -0.481 e. The van der Waals surface area contributed by atoms with Crippen LogP contribution in [0.15, 0.2) is 41.9 Å². The third-order valence-corrected chi connectivity index (χ3v) is 5.67. The summed E-state index contributed by atoms with van der Waals surface area (Å²) in [7, 11) is 0. The number of aromatic nitrogens is 2. The molecule has 0 radical (unpaired) electrons. The van der Waals surface area contributed by atoms with E-state index in [1.54, 1.807) is 10.8 Å². The Labute approximate surface area is 191 Å². The molecule has 176 valence electrons. The summed E-state index contributed by atoms with van der Waals surface area (Å²) in [5.41, 5.74) is 0.746. The number of aliphatic hydroxyl groups is 1. The second-order valence-electron chi connectivity index (χ2n) is 7.84. The van der Waals surface area contributed by atoms with Gasteiger partial charge in [0.2, 0.25) is 0 Å². The predicted molar refractivity (Wildman–Crippen MR) is 116 cm³/mol. The highest BCUT2D eigenvalue weighted by molar-refractivity contribution is 7.14. The number of rotatable bonds is 8. The van der Waals surface area contributed by atoms with Crippen LogP contribution in [0.2, 0.25) is 0 Å². The fraction of sp³-hybridized carbons (Fsp3) is 0.318. The molecule has 3 aromatic rings. The Bertz CT molecular complexity index is 1140. The SMILES string of the molecule is CC(C)C(O)c1cc(C(=O)Nc2nc(CC(=O)O)cs2)n(Cc2ccc(C(F)(F)F)cc2)c1. The smallest absolute Gasteiger partial charge is 0.416 e. The number of halogens is 3. The Balaban J connectivity index is 1.87. The van der Waals surface area contributed by atoms with E-state index >= 15 is 0 Å². The molecule has 1 amide bonds. The molecular formula is C22H22F3N3O4S. The number of nitrogens with one attached hydrogen (secondary N) is 1. The van der Waals surface area contributed by atoms with Crippen LogP contribution < -0.4 is 5.32 Å². The van der Waals surface area contributed by atoms with Gasteiger partial charge in [-0.3, -0.25) is 14.9 Å². The fourth-order valence-electron chi connectivity index (χ4n) is 3.16. The maximum atomic E-state index is 12.9. The lowest BCUT2D eigenvalue weighted by Crippen LogP contribution is -2.17. The number of hydrogen-bond acceptors (Lipinski definition) is 5. The molecule has 1 unspecified atom stereocenters. The molecule has 0 aliphatic rings. The number of carbonyl (C=O) groups excluding carboxylic acids is 1. The summed E-state index contributed by atoms with van der Waals surface area (Å²) in [5.74, 6) is -1.71. The number of anilines is 1. The average molecular weight is 481 g/mol. The van der Waals surface area contributed by atoms with Crippen molar-refractivity contribution in [3.05, 3.63) is 70.0 Å². The molecule has 0 aliphatic carbocycles. The first kappa shape index (κ1) is 24.5. The molecule has 2 heterocycles. The van der Waals surface area contributed by atoms with Gasteiger partial charge in [0.05, 0.1) is 23.8 Å². The summed E-state index contributed by atoms with van der Waals surface area (Å²) in [4.78, 5) is 27.8. The number of amides is 1. The Hall–Kier alpha value is -3.18. The molecule has 0 spiro atoms. The summed E-state index contributed by atoms with van der Waals surface area (Å²) >= 11 is 1.07. The first-order valence-corrected chi connectivity index (χ1v) is 10.8. The Morgan fingerprint density at radius 2 is 1.88 bits per heavy atom. The number of nitrogens with zero attached hydrogens (tertiary/aromatic N) is 2. The highest BCUT2D eigenvalue weighted by atomic mass is 32.1. The van der Waals surface area contributed by atoms with Crippen LogP contribution in [-0.4, -0.2) is 31.6 Å². The lowest BCUT2D eigenvalue weighted by Gasteiger charge is -2.12. The first-order valence-electron chi connectivity index (χ1n) is 9.96. The quantitative estimate of drug-likeness (QED) is 0.437. The van der Waals surface area contributed by atoms with Crippen molar-refractivity contribution in [1.82, 2.24) is 9.55 Å². The molecule has 33 heavy (non-hydrogen) atoms. The van der Waals surface area contributed by atoms with Gasteiger partial charge in [-0.15, -0.1) is 11.3 Å². The standard InChI is InChI=1S/C22H22F3N3O4S/c1-12(2)19(31)14-7-17(20(32)27-21-26-16(11-33-21)8-18(29)30)28(10-14)9-13-3-5-15(6-4-13)22(23,24)25/h3-7,10-12,19,31H,8-9H2,1-2H3,(H,29,30)(H,26,27,32). The summed E-state index contributed by atoms with van der Waals surface area (Å²) in [6, 6.07) is 6.14. The molecule has 3 rings (SSSR count). The summed E-state index contributed by atoms with van der Waals surface area (Å²) in [5, 5.41) is 23.7. The Morgan fingerprint density at radius 1 is 1.21 bits per heavy atom. The van der Waals surface area contributed by atoms with Crippen LogP contribution >= 0.6 is 11.3 Å². The average Bonchev–Trinajstić information content (AvgIpc) is 3.33. The summed E-state index contributed by atoms with van der Waals surface area (Å²) in [6.45, 7) is 3.74. The molecule has 0 saturated heterocycles. The van der Waals surface area contributed by atoms with Gasteiger partial charge in [0, 0.05) is 18.1 Å². The second kappa shape index (κ2) is 9.75. The van der Waals surface area contributed by atoms with Crippen LogP contribution in [0.1, 0.15) is 52.8 Å². The normalized spacial score (nSPS) is 12.7. The zero-order valence-electron chi connectivity index (χ0n) is 17.8. The molecule has 0 bridgehead atoms. The van der Waals surface area contributed by atoms with Gasteiger partial charge < -0.3 is 14.8 Å². The third kappa shape index (κ3) is 6.20. The van der Waals surface area contributed by atoms with Gasteiger partial charge in [-0.1, -0.05) is 26.0 Å². The first-order chi connectivity index (χ1) is 15.4. The number of aliphatic carboxylic acids is 1. The van der Waals surface area contributed by atoms with E-state index in [9.17, 15) is 27.9 Å². The van der Waals surface area contributed by atoms with Crippen LogP contribution in [0.4, 0.5) is 18.3 Å².